The molecule has 0 spiro atoms. The first kappa shape index (κ1) is 9.77. The van der Waals surface area contributed by atoms with E-state index in [0.717, 1.165) is 5.03 Å². The molecule has 0 atom stereocenters. The Hall–Kier alpha value is -0.230. The van der Waals surface area contributed by atoms with Crippen LogP contribution in [0.25, 0.3) is 0 Å². The molecule has 0 bridgehead atoms. The van der Waals surface area contributed by atoms with Crippen molar-refractivity contribution in [3.8, 4) is 0 Å². The Morgan fingerprint density at radius 3 is 2.00 bits per heavy atom. The highest BCUT2D eigenvalue weighted by molar-refractivity contribution is 6.29. The molecule has 0 radical (unpaired) electrons. The second-order valence-corrected chi connectivity index (χ2v) is 3.21. The van der Waals surface area contributed by atoms with Crippen molar-refractivity contribution in [1.82, 2.24) is 0 Å². The Morgan fingerprint density at radius 1 is 1.40 bits per heavy atom. The molecule has 0 aliphatic heterocycles. The largest absolute Gasteiger partial charge is 0.0892 e. The second-order valence-electron chi connectivity index (χ2n) is 2.64. The molecule has 0 saturated heterocycles. The van der Waals surface area contributed by atoms with Crippen LogP contribution < -0.4 is 0 Å². The number of allylic oxidation sites excluding steroid dienone is 4. The molecule has 0 nitrogen and oxygen atoms in total. The highest BCUT2D eigenvalue weighted by Crippen LogP contribution is 2.18. The van der Waals surface area contributed by atoms with Crippen LogP contribution in [0, 0.1) is 5.92 Å². The minimum absolute atomic E-state index is 0.522. The molecule has 0 aromatic rings. The fourth-order valence-corrected chi connectivity index (χ4v) is 1.17. The lowest BCUT2D eigenvalue weighted by Gasteiger charge is -2.06. The van der Waals surface area contributed by atoms with Crippen molar-refractivity contribution >= 4 is 11.6 Å². The van der Waals surface area contributed by atoms with Gasteiger partial charge in [-0.15, -0.1) is 0 Å². The highest BCUT2D eigenvalue weighted by atomic mass is 35.5. The molecule has 0 aliphatic rings. The summed E-state index contributed by atoms with van der Waals surface area (Å²) in [5.74, 6) is 0.522. The summed E-state index contributed by atoms with van der Waals surface area (Å²) in [5.41, 5.74) is 1.23. The van der Waals surface area contributed by atoms with Gasteiger partial charge in [-0.1, -0.05) is 37.6 Å². The van der Waals surface area contributed by atoms with Gasteiger partial charge in [-0.25, -0.2) is 0 Å². The molecule has 0 unspecified atom stereocenters. The lowest BCUT2D eigenvalue weighted by atomic mass is 10.0. The van der Waals surface area contributed by atoms with Gasteiger partial charge >= 0.3 is 0 Å². The Morgan fingerprint density at radius 2 is 1.90 bits per heavy atom. The van der Waals surface area contributed by atoms with Crippen LogP contribution in [-0.2, 0) is 0 Å². The quantitative estimate of drug-likeness (QED) is 0.538. The van der Waals surface area contributed by atoms with Gasteiger partial charge in [0.05, 0.1) is 0 Å². The third kappa shape index (κ3) is 3.07. The van der Waals surface area contributed by atoms with E-state index in [2.05, 4.69) is 19.9 Å². The number of hydrogen-bond acceptors (Lipinski definition) is 0. The maximum Gasteiger partial charge on any atom is 0.0184 e. The summed E-state index contributed by atoms with van der Waals surface area (Å²) in [6, 6.07) is 0. The predicted molar refractivity (Wildman–Crippen MR) is 48.2 cm³/mol. The van der Waals surface area contributed by atoms with E-state index in [-0.39, 0.29) is 0 Å². The molecule has 0 aromatic carbocycles. The van der Waals surface area contributed by atoms with Crippen molar-refractivity contribution in [2.75, 3.05) is 0 Å². The number of hydrogen-bond donors (Lipinski definition) is 0. The van der Waals surface area contributed by atoms with Crippen LogP contribution >= 0.6 is 11.6 Å². The fourth-order valence-electron chi connectivity index (χ4n) is 0.885. The molecule has 0 aromatic heterocycles. The molecule has 10 heavy (non-hydrogen) atoms. The molecule has 0 aliphatic carbocycles. The van der Waals surface area contributed by atoms with Gasteiger partial charge in [0.25, 0.3) is 0 Å². The van der Waals surface area contributed by atoms with Crippen LogP contribution in [0.2, 0.25) is 0 Å². The molecule has 0 saturated carbocycles. The topological polar surface area (TPSA) is 0 Å². The summed E-state index contributed by atoms with van der Waals surface area (Å²) >= 11 is 5.85. The zero-order chi connectivity index (χ0) is 8.15. The van der Waals surface area contributed by atoms with Gasteiger partial charge in [0.15, 0.2) is 0 Å². The molecule has 0 amide bonds. The normalized spacial score (nSPS) is 14.6. The van der Waals surface area contributed by atoms with Crippen LogP contribution in [-0.4, -0.2) is 0 Å². The zero-order valence-electron chi connectivity index (χ0n) is 7.11. The molecule has 58 valence electrons. The lowest BCUT2D eigenvalue weighted by Crippen LogP contribution is -1.91. The minimum Gasteiger partial charge on any atom is -0.0892 e. The third-order valence-corrected chi connectivity index (χ3v) is 1.58. The molecule has 0 rings (SSSR count). The first-order valence-corrected chi connectivity index (χ1v) is 3.96. The third-order valence-electron chi connectivity index (χ3n) is 1.37. The van der Waals surface area contributed by atoms with Gasteiger partial charge in [0, 0.05) is 5.03 Å². The molecule has 0 heterocycles. The summed E-state index contributed by atoms with van der Waals surface area (Å²) < 4.78 is 0. The first-order valence-electron chi connectivity index (χ1n) is 3.58. The summed E-state index contributed by atoms with van der Waals surface area (Å²) in [4.78, 5) is 0. The lowest BCUT2D eigenvalue weighted by molar-refractivity contribution is 0.786. The summed E-state index contributed by atoms with van der Waals surface area (Å²) in [6.07, 6.45) is 4.08. The molecule has 0 fully saturated rings. The monoisotopic (exact) mass is 158 g/mol. The van der Waals surface area contributed by atoms with Gasteiger partial charge in [-0.05, 0) is 25.3 Å². The van der Waals surface area contributed by atoms with E-state index in [9.17, 15) is 0 Å². The van der Waals surface area contributed by atoms with Gasteiger partial charge in [0.2, 0.25) is 0 Å². The average Bonchev–Trinajstić information content (AvgIpc) is 1.81. The van der Waals surface area contributed by atoms with Crippen molar-refractivity contribution in [3.63, 3.8) is 0 Å². The average molecular weight is 159 g/mol. The highest BCUT2D eigenvalue weighted by Gasteiger charge is 2.00. The van der Waals surface area contributed by atoms with Gasteiger partial charge < -0.3 is 0 Å². The van der Waals surface area contributed by atoms with Crippen molar-refractivity contribution in [3.05, 3.63) is 22.8 Å². The van der Waals surface area contributed by atoms with E-state index in [1.807, 2.05) is 19.9 Å². The van der Waals surface area contributed by atoms with Gasteiger partial charge in [-0.2, -0.15) is 0 Å². The molecular formula is C9H15Cl. The maximum absolute atomic E-state index is 5.85. The Labute approximate surface area is 68.6 Å². The van der Waals surface area contributed by atoms with E-state index in [0.29, 0.717) is 5.92 Å². The van der Waals surface area contributed by atoms with E-state index in [1.165, 1.54) is 5.57 Å². The first-order chi connectivity index (χ1) is 4.59. The predicted octanol–water partition coefficient (Wildman–Crippen LogP) is 3.73. The van der Waals surface area contributed by atoms with E-state index >= 15 is 0 Å². The zero-order valence-corrected chi connectivity index (χ0v) is 7.87. The SMILES string of the molecule is CC=CC(=C(C)Cl)C(C)C. The van der Waals surface area contributed by atoms with Gasteiger partial charge in [0.1, 0.15) is 0 Å². The van der Waals surface area contributed by atoms with Crippen molar-refractivity contribution in [2.24, 2.45) is 5.92 Å². The Kier molecular flexibility index (Phi) is 4.46. The molecule has 1 heteroatoms. The number of rotatable bonds is 2. The van der Waals surface area contributed by atoms with Crippen LogP contribution in [0.4, 0.5) is 0 Å². The van der Waals surface area contributed by atoms with Crippen molar-refractivity contribution in [1.29, 1.82) is 0 Å². The minimum atomic E-state index is 0.522. The van der Waals surface area contributed by atoms with E-state index in [4.69, 9.17) is 11.6 Å². The molecule has 0 N–H and O–H groups in total. The van der Waals surface area contributed by atoms with E-state index in [1.54, 1.807) is 0 Å². The van der Waals surface area contributed by atoms with E-state index < -0.39 is 0 Å². The van der Waals surface area contributed by atoms with Crippen LogP contribution in [0.15, 0.2) is 22.8 Å². The summed E-state index contributed by atoms with van der Waals surface area (Å²) in [5, 5.41) is 0.896. The Bertz CT molecular complexity index is 148. The summed E-state index contributed by atoms with van der Waals surface area (Å²) in [6.45, 7) is 8.21. The Balaban J connectivity index is 4.44. The van der Waals surface area contributed by atoms with Crippen LogP contribution in [0.3, 0.4) is 0 Å². The maximum atomic E-state index is 5.85. The van der Waals surface area contributed by atoms with Gasteiger partial charge in [-0.3, -0.25) is 0 Å². The molecular weight excluding hydrogens is 144 g/mol. The summed E-state index contributed by atoms with van der Waals surface area (Å²) in [7, 11) is 0. The standard InChI is InChI=1S/C9H15Cl/c1-5-6-9(7(2)3)8(4)10/h5-7H,1-4H3. The fraction of sp³-hybridized carbons (Fsp3) is 0.556. The van der Waals surface area contributed by atoms with Crippen molar-refractivity contribution < 1.29 is 0 Å². The second kappa shape index (κ2) is 4.56. The van der Waals surface area contributed by atoms with Crippen LogP contribution in [0.1, 0.15) is 27.7 Å². The number of halogens is 1. The van der Waals surface area contributed by atoms with Crippen LogP contribution in [0.5, 0.6) is 0 Å². The smallest absolute Gasteiger partial charge is 0.0184 e. The van der Waals surface area contributed by atoms with Crippen molar-refractivity contribution in [2.45, 2.75) is 27.7 Å².